The van der Waals surface area contributed by atoms with Gasteiger partial charge in [-0.05, 0) is 49.2 Å². The van der Waals surface area contributed by atoms with Gasteiger partial charge in [0.15, 0.2) is 17.4 Å². The van der Waals surface area contributed by atoms with E-state index in [0.717, 1.165) is 33.3 Å². The maximum absolute atomic E-state index is 11.1. The van der Waals surface area contributed by atoms with Crippen molar-refractivity contribution < 1.29 is 14.6 Å². The Hall–Kier alpha value is -4.58. The first-order chi connectivity index (χ1) is 17.7. The monoisotopic (exact) mass is 477 g/mol. The van der Waals surface area contributed by atoms with E-state index in [1.807, 2.05) is 98.9 Å². The number of nitrogens with one attached hydrogen (secondary N) is 1. The highest BCUT2D eigenvalue weighted by Crippen LogP contribution is 2.38. The summed E-state index contributed by atoms with van der Waals surface area (Å²) in [6, 6.07) is 25.5. The van der Waals surface area contributed by atoms with Crippen LogP contribution in [0.25, 0.3) is 22.0 Å². The zero-order valence-corrected chi connectivity index (χ0v) is 20.2. The summed E-state index contributed by atoms with van der Waals surface area (Å²) in [7, 11) is 0. The number of pyridine rings is 1. The molecule has 0 spiro atoms. The Morgan fingerprint density at radius 2 is 1.58 bits per heavy atom. The van der Waals surface area contributed by atoms with Crippen molar-refractivity contribution in [3.63, 3.8) is 0 Å². The van der Waals surface area contributed by atoms with Gasteiger partial charge in [0, 0.05) is 29.4 Å². The summed E-state index contributed by atoms with van der Waals surface area (Å²) in [5.41, 5.74) is 5.76. The van der Waals surface area contributed by atoms with E-state index < -0.39 is 0 Å². The van der Waals surface area contributed by atoms with Gasteiger partial charge in [-0.25, -0.2) is 4.99 Å². The Morgan fingerprint density at radius 3 is 2.25 bits per heavy atom. The molecule has 0 atom stereocenters. The summed E-state index contributed by atoms with van der Waals surface area (Å²) in [4.78, 5) is 12.3. The Bertz CT molecular complexity index is 1490. The zero-order valence-electron chi connectivity index (χ0n) is 20.2. The first-order valence-corrected chi connectivity index (χ1v) is 12.0. The van der Waals surface area contributed by atoms with Crippen LogP contribution in [0.4, 0.5) is 5.69 Å². The number of aliphatic imine (C=N–C) groups is 1. The fraction of sp³-hybridized carbons (Fsp3) is 0.133. The van der Waals surface area contributed by atoms with Crippen molar-refractivity contribution in [2.24, 2.45) is 4.99 Å². The van der Waals surface area contributed by atoms with Gasteiger partial charge >= 0.3 is 0 Å². The fourth-order valence-electron chi connectivity index (χ4n) is 4.22. The molecule has 6 heteroatoms. The van der Waals surface area contributed by atoms with Crippen molar-refractivity contribution >= 4 is 22.3 Å². The number of aromatic amines is 1. The van der Waals surface area contributed by atoms with Gasteiger partial charge < -0.3 is 19.6 Å². The van der Waals surface area contributed by atoms with E-state index in [9.17, 15) is 5.11 Å². The molecule has 0 amide bonds. The van der Waals surface area contributed by atoms with Crippen LogP contribution in [0.1, 0.15) is 25.0 Å². The van der Waals surface area contributed by atoms with E-state index in [1.54, 1.807) is 6.20 Å². The number of hydrogen-bond donors (Lipinski definition) is 2. The summed E-state index contributed by atoms with van der Waals surface area (Å²) < 4.78 is 11.6. The van der Waals surface area contributed by atoms with Gasteiger partial charge in [-0.3, -0.25) is 4.98 Å². The number of H-pyrrole nitrogens is 1. The Balaban J connectivity index is 1.66. The molecule has 180 valence electrons. The first kappa shape index (κ1) is 23.2. The van der Waals surface area contributed by atoms with E-state index >= 15 is 0 Å². The molecule has 6 nitrogen and oxygen atoms in total. The summed E-state index contributed by atoms with van der Waals surface area (Å²) in [5, 5.41) is 11.9. The maximum atomic E-state index is 11.1. The molecule has 36 heavy (non-hydrogen) atoms. The molecule has 2 aromatic heterocycles. The number of benzene rings is 3. The Morgan fingerprint density at radius 1 is 0.861 bits per heavy atom. The van der Waals surface area contributed by atoms with Gasteiger partial charge in [-0.1, -0.05) is 48.5 Å². The molecule has 0 aliphatic rings. The lowest BCUT2D eigenvalue weighted by Crippen LogP contribution is -2.03. The highest BCUT2D eigenvalue weighted by molar-refractivity contribution is 6.22. The quantitative estimate of drug-likeness (QED) is 0.238. The minimum absolute atomic E-state index is 0.0377. The molecule has 3 aromatic carbocycles. The highest BCUT2D eigenvalue weighted by Gasteiger charge is 2.21. The van der Waals surface area contributed by atoms with Crippen molar-refractivity contribution in [2.45, 2.75) is 13.8 Å². The minimum Gasteiger partial charge on any atom is -0.494 e. The van der Waals surface area contributed by atoms with E-state index in [-0.39, 0.29) is 5.88 Å². The molecule has 0 radical (unpaired) electrons. The molecule has 0 saturated carbocycles. The lowest BCUT2D eigenvalue weighted by molar-refractivity contribution is 0.288. The van der Waals surface area contributed by atoms with Gasteiger partial charge in [-0.15, -0.1) is 0 Å². The largest absolute Gasteiger partial charge is 0.494 e. The third kappa shape index (κ3) is 4.66. The maximum Gasteiger partial charge on any atom is 0.199 e. The van der Waals surface area contributed by atoms with Gasteiger partial charge in [-0.2, -0.15) is 0 Å². The average molecular weight is 478 g/mol. The molecule has 5 aromatic rings. The van der Waals surface area contributed by atoms with Gasteiger partial charge in [0.05, 0.1) is 35.7 Å². The Labute approximate surface area is 209 Å². The van der Waals surface area contributed by atoms with Crippen molar-refractivity contribution in [3.05, 3.63) is 102 Å². The van der Waals surface area contributed by atoms with Gasteiger partial charge in [0.2, 0.25) is 0 Å². The smallest absolute Gasteiger partial charge is 0.199 e. The standard InChI is InChI=1S/C30H27N3O3/c1-3-35-26-17-24-25(18-27(26)36-4-2)33-30(34)28(24)29(21-9-6-5-7-10-21)32-23-14-12-20(13-15-23)22-11-8-16-31-19-22/h5-19,33-34H,3-4H2,1-2H3. The SMILES string of the molecule is CCOc1cc2[nH]c(O)c(C(=Nc3ccc(-c4cccnc4)cc3)c3ccccc3)c2cc1OCC. The van der Waals surface area contributed by atoms with Crippen molar-refractivity contribution in [3.8, 4) is 28.5 Å². The minimum atomic E-state index is 0.0377. The second-order valence-electron chi connectivity index (χ2n) is 8.17. The highest BCUT2D eigenvalue weighted by atomic mass is 16.5. The molecule has 0 saturated heterocycles. The third-order valence-electron chi connectivity index (χ3n) is 5.83. The van der Waals surface area contributed by atoms with Crippen LogP contribution in [-0.2, 0) is 0 Å². The molecule has 2 N–H and O–H groups in total. The van der Waals surface area contributed by atoms with Crippen molar-refractivity contribution in [2.75, 3.05) is 13.2 Å². The summed E-state index contributed by atoms with van der Waals surface area (Å²) in [5.74, 6) is 1.29. The number of rotatable bonds is 8. The second-order valence-corrected chi connectivity index (χ2v) is 8.17. The normalized spacial score (nSPS) is 11.6. The molecular formula is C30H27N3O3. The van der Waals surface area contributed by atoms with Crippen molar-refractivity contribution in [1.82, 2.24) is 9.97 Å². The molecule has 5 rings (SSSR count). The number of nitrogens with zero attached hydrogens (tertiary/aromatic N) is 2. The molecule has 0 aliphatic carbocycles. The number of aromatic nitrogens is 2. The summed E-state index contributed by atoms with van der Waals surface area (Å²) >= 11 is 0. The summed E-state index contributed by atoms with van der Waals surface area (Å²) in [6.07, 6.45) is 3.60. The number of fused-ring (bicyclic) bond motifs is 1. The molecule has 0 aliphatic heterocycles. The van der Waals surface area contributed by atoms with Crippen LogP contribution in [0.2, 0.25) is 0 Å². The summed E-state index contributed by atoms with van der Waals surface area (Å²) in [6.45, 7) is 4.87. The van der Waals surface area contributed by atoms with Gasteiger partial charge in [0.25, 0.3) is 0 Å². The second kappa shape index (κ2) is 10.4. The van der Waals surface area contributed by atoms with Crippen molar-refractivity contribution in [1.29, 1.82) is 0 Å². The molecule has 2 heterocycles. The van der Waals surface area contributed by atoms with E-state index in [0.29, 0.717) is 36.0 Å². The predicted molar refractivity (Wildman–Crippen MR) is 144 cm³/mol. The molecule has 0 bridgehead atoms. The average Bonchev–Trinajstić information content (AvgIpc) is 3.23. The predicted octanol–water partition coefficient (Wildman–Crippen LogP) is 6.90. The molecule has 0 unspecified atom stereocenters. The Kier molecular flexibility index (Phi) is 6.67. The number of ether oxygens (including phenoxy) is 2. The van der Waals surface area contributed by atoms with E-state index in [1.165, 1.54) is 0 Å². The number of aromatic hydroxyl groups is 1. The fourth-order valence-corrected chi connectivity index (χ4v) is 4.22. The van der Waals surface area contributed by atoms with Crippen LogP contribution in [-0.4, -0.2) is 34.0 Å². The van der Waals surface area contributed by atoms with Crippen LogP contribution in [0, 0.1) is 0 Å². The van der Waals surface area contributed by atoms with Crippen LogP contribution in [0.15, 0.2) is 96.2 Å². The topological polar surface area (TPSA) is 79.7 Å². The molecular weight excluding hydrogens is 450 g/mol. The van der Waals surface area contributed by atoms with E-state index in [4.69, 9.17) is 14.5 Å². The third-order valence-corrected chi connectivity index (χ3v) is 5.83. The van der Waals surface area contributed by atoms with Crippen LogP contribution in [0.5, 0.6) is 17.4 Å². The van der Waals surface area contributed by atoms with Crippen LogP contribution < -0.4 is 9.47 Å². The number of hydrogen-bond acceptors (Lipinski definition) is 5. The van der Waals surface area contributed by atoms with Crippen LogP contribution >= 0.6 is 0 Å². The lowest BCUT2D eigenvalue weighted by Gasteiger charge is -2.12. The lowest BCUT2D eigenvalue weighted by atomic mass is 10.0. The van der Waals surface area contributed by atoms with E-state index in [2.05, 4.69) is 9.97 Å². The first-order valence-electron chi connectivity index (χ1n) is 12.0. The van der Waals surface area contributed by atoms with Gasteiger partial charge in [0.1, 0.15) is 0 Å². The van der Waals surface area contributed by atoms with Crippen LogP contribution in [0.3, 0.4) is 0 Å². The zero-order chi connectivity index (χ0) is 24.9. The molecule has 0 fully saturated rings.